The first-order valence-corrected chi connectivity index (χ1v) is 7.37. The van der Waals surface area contributed by atoms with Gasteiger partial charge in [0, 0.05) is 0 Å². The first kappa shape index (κ1) is 19.2. The molecular formula is C12H12F4O6S. The van der Waals surface area contributed by atoms with Crippen molar-refractivity contribution >= 4 is 16.1 Å². The summed E-state index contributed by atoms with van der Waals surface area (Å²) in [4.78, 5) is 9.14. The fraction of sp³-hybridized carbons (Fsp3) is 0.417. The van der Waals surface area contributed by atoms with Gasteiger partial charge in [-0.3, -0.25) is 4.55 Å². The Hall–Kier alpha value is -1.88. The molecule has 0 aliphatic carbocycles. The largest absolute Gasteiger partial charge is 0.476 e. The Kier molecular flexibility index (Phi) is 5.27. The van der Waals surface area contributed by atoms with E-state index in [1.807, 2.05) is 0 Å². The van der Waals surface area contributed by atoms with Crippen molar-refractivity contribution in [2.45, 2.75) is 31.3 Å². The zero-order chi connectivity index (χ0) is 18.2. The van der Waals surface area contributed by atoms with E-state index < -0.39 is 62.2 Å². The Morgan fingerprint density at radius 3 is 1.83 bits per heavy atom. The van der Waals surface area contributed by atoms with Crippen molar-refractivity contribution in [3.05, 3.63) is 23.3 Å². The second-order valence-electron chi connectivity index (χ2n) is 5.26. The molecule has 0 amide bonds. The molecular weight excluding hydrogens is 348 g/mol. The fourth-order valence-electron chi connectivity index (χ4n) is 1.45. The minimum absolute atomic E-state index is 0.942. The number of carbonyl (C=O) groups is 1. The maximum Gasteiger partial charge on any atom is 0.344 e. The third kappa shape index (κ3) is 4.55. The van der Waals surface area contributed by atoms with E-state index in [1.54, 1.807) is 0 Å². The zero-order valence-electron chi connectivity index (χ0n) is 12.1. The average Bonchev–Trinajstić information content (AvgIpc) is 2.32. The van der Waals surface area contributed by atoms with Gasteiger partial charge in [-0.15, -0.1) is 0 Å². The van der Waals surface area contributed by atoms with Crippen LogP contribution in [0.25, 0.3) is 0 Å². The van der Waals surface area contributed by atoms with Gasteiger partial charge in [-0.05, 0) is 20.8 Å². The van der Waals surface area contributed by atoms with E-state index in [-0.39, 0.29) is 0 Å². The summed E-state index contributed by atoms with van der Waals surface area (Å²) in [5, 5.41) is 0. The average molecular weight is 360 g/mol. The quantitative estimate of drug-likeness (QED) is 0.383. The standard InChI is InChI=1S/C12H12F4O6S/c1-12(2,3)22-5(17)4-21-10-6(13)8(15)11(23(18,19)20)9(16)7(10)14/h4H2,1-3H3,(H,18,19,20). The smallest absolute Gasteiger partial charge is 0.344 e. The van der Waals surface area contributed by atoms with Gasteiger partial charge in [-0.2, -0.15) is 17.2 Å². The lowest BCUT2D eigenvalue weighted by atomic mass is 10.2. The van der Waals surface area contributed by atoms with Crippen LogP contribution in [0, 0.1) is 23.3 Å². The highest BCUT2D eigenvalue weighted by Crippen LogP contribution is 2.32. The molecule has 0 bridgehead atoms. The number of rotatable bonds is 4. The van der Waals surface area contributed by atoms with Gasteiger partial charge in [0.05, 0.1) is 0 Å². The number of benzene rings is 1. The van der Waals surface area contributed by atoms with Crippen molar-refractivity contribution in [2.75, 3.05) is 6.61 Å². The highest BCUT2D eigenvalue weighted by atomic mass is 32.2. The molecule has 6 nitrogen and oxygen atoms in total. The second-order valence-corrected chi connectivity index (χ2v) is 6.62. The molecule has 0 fully saturated rings. The first-order valence-electron chi connectivity index (χ1n) is 5.93. The molecule has 0 aliphatic heterocycles. The fourth-order valence-corrected chi connectivity index (χ4v) is 2.08. The van der Waals surface area contributed by atoms with E-state index in [2.05, 4.69) is 4.74 Å². The molecule has 1 rings (SSSR count). The molecule has 0 saturated carbocycles. The van der Waals surface area contributed by atoms with Crippen LogP contribution >= 0.6 is 0 Å². The summed E-state index contributed by atoms with van der Waals surface area (Å²) in [6.45, 7) is 3.39. The number of ether oxygens (including phenoxy) is 2. The molecule has 0 spiro atoms. The molecule has 130 valence electrons. The molecule has 1 aromatic rings. The van der Waals surface area contributed by atoms with Crippen LogP contribution in [-0.2, 0) is 19.6 Å². The molecule has 0 saturated heterocycles. The lowest BCUT2D eigenvalue weighted by Gasteiger charge is -2.19. The number of hydrogen-bond donors (Lipinski definition) is 1. The minimum Gasteiger partial charge on any atom is -0.476 e. The van der Waals surface area contributed by atoms with E-state index in [0.717, 1.165) is 0 Å². The summed E-state index contributed by atoms with van der Waals surface area (Å²) in [5.41, 5.74) is -0.942. The van der Waals surface area contributed by atoms with Crippen molar-refractivity contribution < 1.29 is 44.8 Å². The van der Waals surface area contributed by atoms with Gasteiger partial charge >= 0.3 is 16.1 Å². The van der Waals surface area contributed by atoms with E-state index in [0.29, 0.717) is 0 Å². The van der Waals surface area contributed by atoms with Crippen LogP contribution < -0.4 is 4.74 Å². The van der Waals surface area contributed by atoms with Crippen molar-refractivity contribution in [1.82, 2.24) is 0 Å². The predicted molar refractivity (Wildman–Crippen MR) is 67.4 cm³/mol. The zero-order valence-corrected chi connectivity index (χ0v) is 12.9. The number of carbonyl (C=O) groups excluding carboxylic acids is 1. The van der Waals surface area contributed by atoms with E-state index in [4.69, 9.17) is 9.29 Å². The summed E-state index contributed by atoms with van der Waals surface area (Å²) in [5.74, 6) is -12.0. The molecule has 0 heterocycles. The lowest BCUT2D eigenvalue weighted by molar-refractivity contribution is -0.157. The monoisotopic (exact) mass is 360 g/mol. The van der Waals surface area contributed by atoms with Crippen LogP contribution in [-0.4, -0.2) is 31.1 Å². The third-order valence-corrected chi connectivity index (χ3v) is 3.07. The highest BCUT2D eigenvalue weighted by molar-refractivity contribution is 7.85. The van der Waals surface area contributed by atoms with Gasteiger partial charge in [0.1, 0.15) is 5.60 Å². The normalized spacial score (nSPS) is 12.2. The summed E-state index contributed by atoms with van der Waals surface area (Å²) < 4.78 is 93.3. The van der Waals surface area contributed by atoms with Gasteiger partial charge in [0.25, 0.3) is 0 Å². The van der Waals surface area contributed by atoms with Crippen molar-refractivity contribution in [3.8, 4) is 5.75 Å². The SMILES string of the molecule is CC(C)(C)OC(=O)COc1c(F)c(F)c(S(=O)(=O)O)c(F)c1F. The van der Waals surface area contributed by atoms with Gasteiger partial charge in [0.2, 0.25) is 11.6 Å². The van der Waals surface area contributed by atoms with Crippen molar-refractivity contribution in [1.29, 1.82) is 0 Å². The Morgan fingerprint density at radius 1 is 1.04 bits per heavy atom. The molecule has 0 unspecified atom stereocenters. The van der Waals surface area contributed by atoms with Crippen LogP contribution in [0.1, 0.15) is 20.8 Å². The minimum atomic E-state index is -5.56. The Bertz CT molecular complexity index is 710. The number of esters is 1. The molecule has 0 aromatic heterocycles. The maximum absolute atomic E-state index is 13.6. The number of halogens is 4. The van der Waals surface area contributed by atoms with Gasteiger partial charge in [-0.1, -0.05) is 0 Å². The summed E-state index contributed by atoms with van der Waals surface area (Å²) in [6, 6.07) is 0. The molecule has 0 radical (unpaired) electrons. The first-order chi connectivity index (χ1) is 10.3. The van der Waals surface area contributed by atoms with Crippen molar-refractivity contribution in [2.24, 2.45) is 0 Å². The van der Waals surface area contributed by atoms with E-state index >= 15 is 0 Å². The Morgan fingerprint density at radius 2 is 1.48 bits per heavy atom. The molecule has 0 aliphatic rings. The predicted octanol–water partition coefficient (Wildman–Crippen LogP) is 2.21. The van der Waals surface area contributed by atoms with Crippen LogP contribution in [0.2, 0.25) is 0 Å². The highest BCUT2D eigenvalue weighted by Gasteiger charge is 2.33. The van der Waals surface area contributed by atoms with Gasteiger partial charge in [0.15, 0.2) is 28.9 Å². The molecule has 23 heavy (non-hydrogen) atoms. The van der Waals surface area contributed by atoms with Crippen LogP contribution in [0.5, 0.6) is 5.75 Å². The van der Waals surface area contributed by atoms with E-state index in [1.165, 1.54) is 20.8 Å². The molecule has 1 aromatic carbocycles. The van der Waals surface area contributed by atoms with Crippen LogP contribution in [0.3, 0.4) is 0 Å². The number of hydrogen-bond acceptors (Lipinski definition) is 5. The summed E-state index contributed by atoms with van der Waals surface area (Å²) in [6.07, 6.45) is 0. The van der Waals surface area contributed by atoms with Crippen LogP contribution in [0.4, 0.5) is 17.6 Å². The van der Waals surface area contributed by atoms with E-state index in [9.17, 15) is 30.8 Å². The molecule has 0 atom stereocenters. The van der Waals surface area contributed by atoms with Crippen molar-refractivity contribution in [3.63, 3.8) is 0 Å². The maximum atomic E-state index is 13.6. The Balaban J connectivity index is 3.19. The second kappa shape index (κ2) is 6.32. The van der Waals surface area contributed by atoms with Crippen LogP contribution in [0.15, 0.2) is 4.90 Å². The Labute approximate surface area is 128 Å². The molecule has 11 heteroatoms. The lowest BCUT2D eigenvalue weighted by Crippen LogP contribution is -2.27. The topological polar surface area (TPSA) is 89.9 Å². The third-order valence-electron chi connectivity index (χ3n) is 2.20. The summed E-state index contributed by atoms with van der Waals surface area (Å²) in [7, 11) is -5.56. The molecule has 1 N–H and O–H groups in total. The summed E-state index contributed by atoms with van der Waals surface area (Å²) >= 11 is 0. The van der Waals surface area contributed by atoms with Gasteiger partial charge < -0.3 is 9.47 Å². The van der Waals surface area contributed by atoms with Gasteiger partial charge in [-0.25, -0.2) is 13.6 Å².